The summed E-state index contributed by atoms with van der Waals surface area (Å²) in [6.45, 7) is 6.20. The van der Waals surface area contributed by atoms with Crippen LogP contribution in [0.25, 0.3) is 10.9 Å². The highest BCUT2D eigenvalue weighted by atomic mass is 16.3. The van der Waals surface area contributed by atoms with E-state index >= 15 is 0 Å². The third-order valence-electron chi connectivity index (χ3n) is 4.33. The van der Waals surface area contributed by atoms with Gasteiger partial charge in [-0.2, -0.15) is 0 Å². The van der Waals surface area contributed by atoms with Crippen LogP contribution in [0.1, 0.15) is 31.1 Å². The Hall–Kier alpha value is -2.83. The third-order valence-corrected chi connectivity index (χ3v) is 4.33. The van der Waals surface area contributed by atoms with Crippen molar-refractivity contribution >= 4 is 16.6 Å². The van der Waals surface area contributed by atoms with Crippen molar-refractivity contribution in [1.82, 2.24) is 4.98 Å². The SMILES string of the molecule is CCN(CC)c1ccc(C(O)C#Cc2ccnc3ccccc23)cc1. The van der Waals surface area contributed by atoms with Gasteiger partial charge in [-0.3, -0.25) is 4.98 Å². The predicted molar refractivity (Wildman–Crippen MR) is 104 cm³/mol. The Morgan fingerprint density at radius 3 is 2.44 bits per heavy atom. The Kier molecular flexibility index (Phi) is 5.33. The van der Waals surface area contributed by atoms with E-state index in [-0.39, 0.29) is 0 Å². The second kappa shape index (κ2) is 7.83. The fraction of sp³-hybridized carbons (Fsp3) is 0.227. The van der Waals surface area contributed by atoms with Crippen molar-refractivity contribution in [2.75, 3.05) is 18.0 Å². The van der Waals surface area contributed by atoms with Gasteiger partial charge in [-0.05, 0) is 43.7 Å². The van der Waals surface area contributed by atoms with Crippen molar-refractivity contribution < 1.29 is 5.11 Å². The van der Waals surface area contributed by atoms with Gasteiger partial charge in [0.2, 0.25) is 0 Å². The second-order valence-corrected chi connectivity index (χ2v) is 5.81. The lowest BCUT2D eigenvalue weighted by Crippen LogP contribution is -2.21. The number of anilines is 1. The summed E-state index contributed by atoms with van der Waals surface area (Å²) in [6, 6.07) is 17.7. The monoisotopic (exact) mass is 330 g/mol. The highest BCUT2D eigenvalue weighted by Gasteiger charge is 2.06. The van der Waals surface area contributed by atoms with Crippen molar-refractivity contribution in [3.63, 3.8) is 0 Å². The molecule has 1 N–H and O–H groups in total. The summed E-state index contributed by atoms with van der Waals surface area (Å²) >= 11 is 0. The fourth-order valence-corrected chi connectivity index (χ4v) is 2.89. The van der Waals surface area contributed by atoms with E-state index < -0.39 is 6.10 Å². The standard InChI is InChI=1S/C22H22N2O/c1-3-24(4-2)19-12-9-18(10-13-19)22(25)14-11-17-15-16-23-21-8-6-5-7-20(17)21/h5-10,12-13,15-16,22,25H,3-4H2,1-2H3. The number of fused-ring (bicyclic) bond motifs is 1. The van der Waals surface area contributed by atoms with E-state index in [1.807, 2.05) is 54.6 Å². The normalized spacial score (nSPS) is 11.6. The maximum absolute atomic E-state index is 10.4. The Morgan fingerprint density at radius 1 is 1.00 bits per heavy atom. The number of rotatable bonds is 4. The molecule has 0 aliphatic rings. The van der Waals surface area contributed by atoms with Gasteiger partial charge in [-0.15, -0.1) is 0 Å². The molecule has 126 valence electrons. The topological polar surface area (TPSA) is 36.4 Å². The first-order valence-electron chi connectivity index (χ1n) is 8.61. The number of nitrogens with zero attached hydrogens (tertiary/aromatic N) is 2. The number of aromatic nitrogens is 1. The summed E-state index contributed by atoms with van der Waals surface area (Å²) in [6.07, 6.45) is 0.940. The Morgan fingerprint density at radius 2 is 1.72 bits per heavy atom. The molecule has 0 aliphatic carbocycles. The summed E-state index contributed by atoms with van der Waals surface area (Å²) in [5.41, 5.74) is 3.76. The van der Waals surface area contributed by atoms with Gasteiger partial charge in [0.1, 0.15) is 6.10 Å². The van der Waals surface area contributed by atoms with Crippen LogP contribution in [0.4, 0.5) is 5.69 Å². The summed E-state index contributed by atoms with van der Waals surface area (Å²) < 4.78 is 0. The van der Waals surface area contributed by atoms with Gasteiger partial charge in [-0.1, -0.05) is 42.2 Å². The summed E-state index contributed by atoms with van der Waals surface area (Å²) in [5, 5.41) is 11.4. The minimum atomic E-state index is -0.808. The van der Waals surface area contributed by atoms with Gasteiger partial charge >= 0.3 is 0 Å². The molecule has 0 aliphatic heterocycles. The molecule has 3 aromatic rings. The fourth-order valence-electron chi connectivity index (χ4n) is 2.89. The maximum atomic E-state index is 10.4. The van der Waals surface area contributed by atoms with E-state index in [0.29, 0.717) is 0 Å². The molecule has 0 amide bonds. The van der Waals surface area contributed by atoms with Crippen LogP contribution in [0.15, 0.2) is 60.8 Å². The molecular formula is C22H22N2O. The zero-order valence-corrected chi connectivity index (χ0v) is 14.6. The van der Waals surface area contributed by atoms with Gasteiger partial charge in [0, 0.05) is 35.9 Å². The van der Waals surface area contributed by atoms with E-state index in [0.717, 1.165) is 40.8 Å². The number of aliphatic hydroxyl groups excluding tert-OH is 1. The lowest BCUT2D eigenvalue weighted by Gasteiger charge is -2.21. The molecule has 1 unspecified atom stereocenters. The Labute approximate surface area is 148 Å². The van der Waals surface area contributed by atoms with Crippen molar-refractivity contribution in [3.05, 3.63) is 71.9 Å². The molecule has 0 fully saturated rings. The number of hydrogen-bond donors (Lipinski definition) is 1. The molecule has 25 heavy (non-hydrogen) atoms. The van der Waals surface area contributed by atoms with E-state index in [2.05, 4.69) is 35.6 Å². The van der Waals surface area contributed by atoms with Crippen LogP contribution in [-0.4, -0.2) is 23.2 Å². The molecule has 0 bridgehead atoms. The van der Waals surface area contributed by atoms with Crippen molar-refractivity contribution in [1.29, 1.82) is 0 Å². The lowest BCUT2D eigenvalue weighted by atomic mass is 10.1. The quantitative estimate of drug-likeness (QED) is 0.730. The molecule has 0 saturated carbocycles. The number of pyridine rings is 1. The van der Waals surface area contributed by atoms with Crippen molar-refractivity contribution in [3.8, 4) is 11.8 Å². The molecule has 1 aromatic heterocycles. The highest BCUT2D eigenvalue weighted by molar-refractivity contribution is 5.84. The average molecular weight is 330 g/mol. The first-order chi connectivity index (χ1) is 12.2. The molecule has 3 nitrogen and oxygen atoms in total. The van der Waals surface area contributed by atoms with Gasteiger partial charge in [0.05, 0.1) is 5.52 Å². The molecular weight excluding hydrogens is 308 g/mol. The van der Waals surface area contributed by atoms with Gasteiger partial charge in [-0.25, -0.2) is 0 Å². The van der Waals surface area contributed by atoms with Crippen LogP contribution < -0.4 is 4.90 Å². The Balaban J connectivity index is 1.83. The number of aliphatic hydroxyl groups is 1. The number of para-hydroxylation sites is 1. The second-order valence-electron chi connectivity index (χ2n) is 5.81. The largest absolute Gasteiger partial charge is 0.376 e. The third kappa shape index (κ3) is 3.81. The minimum absolute atomic E-state index is 0.807. The van der Waals surface area contributed by atoms with Crippen LogP contribution >= 0.6 is 0 Å². The molecule has 3 heteroatoms. The molecule has 3 rings (SSSR count). The maximum Gasteiger partial charge on any atom is 0.140 e. The average Bonchev–Trinajstić information content (AvgIpc) is 2.67. The van der Waals surface area contributed by atoms with E-state index in [1.165, 1.54) is 0 Å². The van der Waals surface area contributed by atoms with E-state index in [4.69, 9.17) is 0 Å². The van der Waals surface area contributed by atoms with E-state index in [9.17, 15) is 5.11 Å². The zero-order chi connectivity index (χ0) is 17.6. The molecule has 1 atom stereocenters. The number of benzene rings is 2. The minimum Gasteiger partial charge on any atom is -0.376 e. The first-order valence-corrected chi connectivity index (χ1v) is 8.61. The van der Waals surface area contributed by atoms with Gasteiger partial charge in [0.25, 0.3) is 0 Å². The van der Waals surface area contributed by atoms with Gasteiger partial charge in [0.15, 0.2) is 0 Å². The van der Waals surface area contributed by atoms with Gasteiger partial charge < -0.3 is 10.0 Å². The lowest BCUT2D eigenvalue weighted by molar-refractivity contribution is 0.238. The van der Waals surface area contributed by atoms with Crippen LogP contribution in [0.2, 0.25) is 0 Å². The number of hydrogen-bond acceptors (Lipinski definition) is 3. The molecule has 0 saturated heterocycles. The molecule has 0 spiro atoms. The predicted octanol–water partition coefficient (Wildman–Crippen LogP) is 4.17. The summed E-state index contributed by atoms with van der Waals surface area (Å²) in [5.74, 6) is 6.04. The Bertz CT molecular complexity index is 897. The van der Waals surface area contributed by atoms with E-state index in [1.54, 1.807) is 6.20 Å². The highest BCUT2D eigenvalue weighted by Crippen LogP contribution is 2.20. The van der Waals surface area contributed by atoms with Crippen LogP contribution in [0.5, 0.6) is 0 Å². The van der Waals surface area contributed by atoms with Crippen molar-refractivity contribution in [2.45, 2.75) is 20.0 Å². The smallest absolute Gasteiger partial charge is 0.140 e. The molecule has 2 aromatic carbocycles. The van der Waals surface area contributed by atoms with Crippen LogP contribution in [-0.2, 0) is 0 Å². The van der Waals surface area contributed by atoms with Crippen molar-refractivity contribution in [2.24, 2.45) is 0 Å². The molecule has 0 radical (unpaired) electrons. The zero-order valence-electron chi connectivity index (χ0n) is 14.6. The summed E-state index contributed by atoms with van der Waals surface area (Å²) in [7, 11) is 0. The van der Waals surface area contributed by atoms with Crippen LogP contribution in [0.3, 0.4) is 0 Å². The first kappa shape index (κ1) is 17.0. The molecule has 1 heterocycles. The summed E-state index contributed by atoms with van der Waals surface area (Å²) in [4.78, 5) is 6.60. The van der Waals surface area contributed by atoms with Crippen LogP contribution in [0, 0.1) is 11.8 Å².